The molecular weight excluding hydrogens is 314 g/mol. The van der Waals surface area contributed by atoms with Crippen molar-refractivity contribution in [3.8, 4) is 0 Å². The maximum Gasteiger partial charge on any atom is 0.315 e. The van der Waals surface area contributed by atoms with Crippen molar-refractivity contribution in [3.63, 3.8) is 0 Å². The molecular formula is C21H25NO3. The van der Waals surface area contributed by atoms with E-state index in [0.717, 1.165) is 17.7 Å². The third-order valence-electron chi connectivity index (χ3n) is 4.79. The minimum absolute atomic E-state index is 0.0179. The fourth-order valence-corrected chi connectivity index (χ4v) is 3.53. The van der Waals surface area contributed by atoms with Crippen LogP contribution in [0.4, 0.5) is 0 Å². The summed E-state index contributed by atoms with van der Waals surface area (Å²) < 4.78 is 7.37. The highest BCUT2D eigenvalue weighted by atomic mass is 16.5. The third kappa shape index (κ3) is 3.26. The lowest BCUT2D eigenvalue weighted by Crippen LogP contribution is -2.18. The van der Waals surface area contributed by atoms with Crippen LogP contribution in [0.15, 0.2) is 30.3 Å². The second-order valence-electron chi connectivity index (χ2n) is 6.96. The molecule has 0 N–H and O–H groups in total. The van der Waals surface area contributed by atoms with Crippen LogP contribution in [0.2, 0.25) is 0 Å². The summed E-state index contributed by atoms with van der Waals surface area (Å²) in [4.78, 5) is 25.3. The highest BCUT2D eigenvalue weighted by Crippen LogP contribution is 2.34. The van der Waals surface area contributed by atoms with Crippen LogP contribution in [0.5, 0.6) is 0 Å². The lowest BCUT2D eigenvalue weighted by atomic mass is 10.0. The molecule has 1 aliphatic rings. The van der Waals surface area contributed by atoms with Gasteiger partial charge < -0.3 is 9.30 Å². The molecule has 0 saturated carbocycles. The number of rotatable bonds is 5. The number of hydrogen-bond acceptors (Lipinski definition) is 3. The molecule has 0 amide bonds. The maximum atomic E-state index is 13.0. The minimum atomic E-state index is -0.273. The molecule has 25 heavy (non-hydrogen) atoms. The number of ketones is 1. The lowest BCUT2D eigenvalue weighted by molar-refractivity contribution is -0.149. The molecule has 1 unspecified atom stereocenters. The van der Waals surface area contributed by atoms with E-state index < -0.39 is 0 Å². The number of aryl methyl sites for hydroxylation is 2. The molecule has 0 fully saturated rings. The number of hydrogen-bond donors (Lipinski definition) is 0. The maximum absolute atomic E-state index is 13.0. The van der Waals surface area contributed by atoms with Crippen LogP contribution >= 0.6 is 0 Å². The Bertz CT molecular complexity index is 799. The van der Waals surface area contributed by atoms with Crippen LogP contribution < -0.4 is 0 Å². The number of aromatic nitrogens is 1. The van der Waals surface area contributed by atoms with E-state index in [0.29, 0.717) is 24.2 Å². The van der Waals surface area contributed by atoms with Gasteiger partial charge in [-0.3, -0.25) is 9.59 Å². The number of carbonyl (C=O) groups excluding carboxylic acids is 2. The van der Waals surface area contributed by atoms with Gasteiger partial charge in [-0.05, 0) is 50.8 Å². The molecule has 1 aromatic carbocycles. The molecule has 3 rings (SSSR count). The summed E-state index contributed by atoms with van der Waals surface area (Å²) in [5.74, 6) is -0.452. The van der Waals surface area contributed by atoms with E-state index in [1.165, 1.54) is 5.56 Å². The molecule has 2 aromatic rings. The highest BCUT2D eigenvalue weighted by Gasteiger charge is 2.34. The van der Waals surface area contributed by atoms with E-state index in [9.17, 15) is 9.59 Å². The Labute approximate surface area is 148 Å². The fraction of sp³-hybridized carbons (Fsp3) is 0.429. The summed E-state index contributed by atoms with van der Waals surface area (Å²) in [5.41, 5.74) is 4.41. The van der Waals surface area contributed by atoms with Crippen molar-refractivity contribution in [1.82, 2.24) is 4.57 Å². The van der Waals surface area contributed by atoms with E-state index in [1.54, 1.807) is 0 Å². The zero-order valence-electron chi connectivity index (χ0n) is 15.3. The Morgan fingerprint density at radius 2 is 1.92 bits per heavy atom. The Morgan fingerprint density at radius 3 is 2.52 bits per heavy atom. The number of ether oxygens (including phenoxy) is 1. The summed E-state index contributed by atoms with van der Waals surface area (Å²) in [6.45, 7) is 8.41. The van der Waals surface area contributed by atoms with Crippen LogP contribution in [0.3, 0.4) is 0 Å². The van der Waals surface area contributed by atoms with Crippen LogP contribution in [0.1, 0.15) is 66.0 Å². The van der Waals surface area contributed by atoms with Crippen molar-refractivity contribution in [1.29, 1.82) is 0 Å². The molecule has 1 aliphatic heterocycles. The number of esters is 1. The first kappa shape index (κ1) is 17.5. The van der Waals surface area contributed by atoms with Gasteiger partial charge >= 0.3 is 5.97 Å². The summed E-state index contributed by atoms with van der Waals surface area (Å²) in [5, 5.41) is 0. The van der Waals surface area contributed by atoms with E-state index in [-0.39, 0.29) is 23.8 Å². The van der Waals surface area contributed by atoms with E-state index in [4.69, 9.17) is 4.74 Å². The van der Waals surface area contributed by atoms with Gasteiger partial charge in [-0.15, -0.1) is 0 Å². The number of benzene rings is 1. The number of fused-ring (bicyclic) bond motifs is 1. The van der Waals surface area contributed by atoms with Crippen molar-refractivity contribution >= 4 is 11.8 Å². The zero-order valence-corrected chi connectivity index (χ0v) is 15.3. The predicted octanol–water partition coefficient (Wildman–Crippen LogP) is 4.03. The van der Waals surface area contributed by atoms with Crippen molar-refractivity contribution in [2.75, 3.05) is 0 Å². The fourth-order valence-electron chi connectivity index (χ4n) is 3.53. The normalized spacial score (nSPS) is 16.1. The van der Waals surface area contributed by atoms with E-state index >= 15 is 0 Å². The topological polar surface area (TPSA) is 48.3 Å². The third-order valence-corrected chi connectivity index (χ3v) is 4.79. The van der Waals surface area contributed by atoms with Gasteiger partial charge in [0.25, 0.3) is 0 Å². The Morgan fingerprint density at radius 1 is 1.24 bits per heavy atom. The molecule has 1 aromatic heterocycles. The van der Waals surface area contributed by atoms with Crippen molar-refractivity contribution in [2.24, 2.45) is 0 Å². The highest BCUT2D eigenvalue weighted by molar-refractivity contribution is 6.09. The molecule has 0 bridgehead atoms. The molecule has 132 valence electrons. The summed E-state index contributed by atoms with van der Waals surface area (Å²) in [7, 11) is 0. The van der Waals surface area contributed by atoms with Crippen molar-refractivity contribution in [3.05, 3.63) is 58.4 Å². The average Bonchev–Trinajstić information content (AvgIpc) is 3.11. The average molecular weight is 339 g/mol. The smallest absolute Gasteiger partial charge is 0.315 e. The van der Waals surface area contributed by atoms with Gasteiger partial charge in [0, 0.05) is 17.8 Å². The van der Waals surface area contributed by atoms with Gasteiger partial charge in [0.05, 0.1) is 17.7 Å². The first-order chi connectivity index (χ1) is 11.9. The molecule has 4 heteroatoms. The monoisotopic (exact) mass is 339 g/mol. The van der Waals surface area contributed by atoms with Gasteiger partial charge in [-0.25, -0.2) is 0 Å². The molecule has 1 atom stereocenters. The van der Waals surface area contributed by atoms with Crippen molar-refractivity contribution in [2.45, 2.75) is 59.1 Å². The van der Waals surface area contributed by atoms with Gasteiger partial charge in [0.2, 0.25) is 5.78 Å². The standard InChI is InChI=1S/C21H25NO3/c1-5-15-6-8-16(9-7-15)20(23)19-14(4)12-18-17(10-11-22(18)19)21(24)25-13(2)3/h6-9,12-13,17H,5,10-11H2,1-4H3. The largest absolute Gasteiger partial charge is 0.462 e. The molecule has 0 aliphatic carbocycles. The number of carbonyl (C=O) groups is 2. The van der Waals surface area contributed by atoms with Crippen LogP contribution in [-0.2, 0) is 22.5 Å². The molecule has 0 saturated heterocycles. The summed E-state index contributed by atoms with van der Waals surface area (Å²) in [6.07, 6.45) is 1.51. The van der Waals surface area contributed by atoms with Crippen LogP contribution in [-0.4, -0.2) is 22.4 Å². The zero-order chi connectivity index (χ0) is 18.1. The quantitative estimate of drug-likeness (QED) is 0.610. The lowest BCUT2D eigenvalue weighted by Gasteiger charge is -2.12. The first-order valence-corrected chi connectivity index (χ1v) is 8.96. The Balaban J connectivity index is 1.91. The van der Waals surface area contributed by atoms with Gasteiger partial charge in [-0.2, -0.15) is 0 Å². The van der Waals surface area contributed by atoms with Gasteiger partial charge in [0.1, 0.15) is 0 Å². The SMILES string of the molecule is CCc1ccc(C(=O)c2c(C)cc3n2CCC3C(=O)OC(C)C)cc1. The van der Waals surface area contributed by atoms with Gasteiger partial charge in [-0.1, -0.05) is 31.2 Å². The van der Waals surface area contributed by atoms with Gasteiger partial charge in [0.15, 0.2) is 0 Å². The van der Waals surface area contributed by atoms with E-state index in [2.05, 4.69) is 6.92 Å². The van der Waals surface area contributed by atoms with Crippen molar-refractivity contribution < 1.29 is 14.3 Å². The molecule has 0 radical (unpaired) electrons. The second-order valence-corrected chi connectivity index (χ2v) is 6.96. The predicted molar refractivity (Wildman–Crippen MR) is 97.0 cm³/mol. The van der Waals surface area contributed by atoms with Crippen LogP contribution in [0, 0.1) is 6.92 Å². The van der Waals surface area contributed by atoms with Crippen LogP contribution in [0.25, 0.3) is 0 Å². The Hall–Kier alpha value is -2.36. The number of nitrogens with zero attached hydrogens (tertiary/aromatic N) is 1. The molecule has 2 heterocycles. The molecule has 0 spiro atoms. The second kappa shape index (κ2) is 6.87. The first-order valence-electron chi connectivity index (χ1n) is 8.96. The molecule has 4 nitrogen and oxygen atoms in total. The minimum Gasteiger partial charge on any atom is -0.462 e. The summed E-state index contributed by atoms with van der Waals surface area (Å²) >= 11 is 0. The summed E-state index contributed by atoms with van der Waals surface area (Å²) in [6, 6.07) is 9.74. The van der Waals surface area contributed by atoms with E-state index in [1.807, 2.05) is 55.7 Å². The Kier molecular flexibility index (Phi) is 4.80.